The highest BCUT2D eigenvalue weighted by Crippen LogP contribution is 2.39. The zero-order chi connectivity index (χ0) is 38.2. The summed E-state index contributed by atoms with van der Waals surface area (Å²) in [5, 5.41) is 72.5. The molecule has 3 heterocycles. The van der Waals surface area contributed by atoms with Crippen molar-refractivity contribution in [1.29, 1.82) is 0 Å². The number of esters is 3. The van der Waals surface area contributed by atoms with Crippen LogP contribution in [-0.2, 0) is 42.8 Å². The van der Waals surface area contributed by atoms with E-state index in [1.54, 1.807) is 0 Å². The van der Waals surface area contributed by atoms with Gasteiger partial charge >= 0.3 is 17.9 Å². The Morgan fingerprint density at radius 3 is 2.00 bits per heavy atom. The summed E-state index contributed by atoms with van der Waals surface area (Å²) in [6, 6.07) is 5.16. The number of fused-ring (bicyclic) bond motifs is 1. The molecule has 0 bridgehead atoms. The molecule has 3 aromatic rings. The topological polar surface area (TPSA) is 288 Å². The van der Waals surface area contributed by atoms with Crippen molar-refractivity contribution in [1.82, 2.24) is 0 Å². The first-order chi connectivity index (χ1) is 24.5. The van der Waals surface area contributed by atoms with Gasteiger partial charge in [-0.1, -0.05) is 0 Å². The van der Waals surface area contributed by atoms with Crippen LogP contribution in [0.25, 0.3) is 22.3 Å². The van der Waals surface area contributed by atoms with E-state index in [2.05, 4.69) is 0 Å². The summed E-state index contributed by atoms with van der Waals surface area (Å²) in [6.45, 7) is 4.00. The van der Waals surface area contributed by atoms with Crippen molar-refractivity contribution in [2.24, 2.45) is 0 Å². The molecule has 2 aliphatic heterocycles. The molecule has 2 aliphatic rings. The van der Waals surface area contributed by atoms with E-state index in [0.29, 0.717) is 0 Å². The monoisotopic (exact) mass is 736 g/mol. The number of hydrogen-bond acceptors (Lipinski definition) is 19. The molecule has 19 nitrogen and oxygen atoms in total. The predicted molar refractivity (Wildman–Crippen MR) is 169 cm³/mol. The number of carbonyl (C=O) groups is 3. The van der Waals surface area contributed by atoms with Gasteiger partial charge in [-0.2, -0.15) is 0 Å². The van der Waals surface area contributed by atoms with Gasteiger partial charge in [0, 0.05) is 38.5 Å². The molecule has 0 radical (unpaired) electrons. The molecule has 0 saturated carbocycles. The molecule has 10 atom stereocenters. The second kappa shape index (κ2) is 15.2. The minimum atomic E-state index is -2.03. The normalized spacial score (nSPS) is 28.9. The SMILES string of the molecule is CC(=O)O[C@@H]1[C@@H](OC(C)=O)[C@H](C)O[C@@H](OC[C@H]2O[C@@H](Oc3c(-c4ccc(O)c(O)c4)oc4cc(O)cc(O)c4c3=O)[C@H](O)[C@@H](O)[C@H]2O)[C@@H]1OC(C)=O. The van der Waals surface area contributed by atoms with Crippen molar-refractivity contribution in [3.8, 4) is 40.1 Å². The number of aromatic hydroxyl groups is 4. The van der Waals surface area contributed by atoms with Gasteiger partial charge < -0.3 is 73.3 Å². The van der Waals surface area contributed by atoms with Gasteiger partial charge in [-0.3, -0.25) is 19.2 Å². The fourth-order valence-corrected chi connectivity index (χ4v) is 5.79. The van der Waals surface area contributed by atoms with Crippen molar-refractivity contribution in [2.75, 3.05) is 6.61 Å². The summed E-state index contributed by atoms with van der Waals surface area (Å²) < 4.78 is 44.8. The largest absolute Gasteiger partial charge is 0.508 e. The Hall–Kier alpha value is -5.18. The number of aliphatic hydroxyl groups is 3. The average Bonchev–Trinajstić information content (AvgIpc) is 3.05. The Morgan fingerprint density at radius 2 is 1.37 bits per heavy atom. The van der Waals surface area contributed by atoms with Crippen LogP contribution in [0.3, 0.4) is 0 Å². The number of ether oxygens (including phenoxy) is 7. The van der Waals surface area contributed by atoms with E-state index in [4.69, 9.17) is 37.6 Å². The first-order valence-electron chi connectivity index (χ1n) is 15.7. The van der Waals surface area contributed by atoms with Crippen molar-refractivity contribution in [2.45, 2.75) is 89.1 Å². The van der Waals surface area contributed by atoms with Gasteiger partial charge in [0.05, 0.1) is 12.7 Å². The maximum Gasteiger partial charge on any atom is 0.303 e. The first-order valence-corrected chi connectivity index (χ1v) is 15.7. The second-order valence-corrected chi connectivity index (χ2v) is 12.0. The van der Waals surface area contributed by atoms with Crippen molar-refractivity contribution in [3.63, 3.8) is 0 Å². The highest BCUT2D eigenvalue weighted by Gasteiger charge is 2.52. The molecule has 7 N–H and O–H groups in total. The maximum absolute atomic E-state index is 13.8. The molecule has 2 aromatic carbocycles. The Bertz CT molecular complexity index is 1890. The van der Waals surface area contributed by atoms with Crippen LogP contribution < -0.4 is 10.2 Å². The maximum atomic E-state index is 13.8. The predicted octanol–water partition coefficient (Wildman–Crippen LogP) is 0.0253. The van der Waals surface area contributed by atoms with Crippen LogP contribution in [0.1, 0.15) is 27.7 Å². The van der Waals surface area contributed by atoms with E-state index in [1.165, 1.54) is 13.0 Å². The lowest BCUT2D eigenvalue weighted by atomic mass is 9.98. The lowest BCUT2D eigenvalue weighted by Gasteiger charge is -2.44. The zero-order valence-corrected chi connectivity index (χ0v) is 27.9. The van der Waals surface area contributed by atoms with E-state index < -0.39 is 131 Å². The fraction of sp³-hybridized carbons (Fsp3) is 0.455. The molecule has 1 aromatic heterocycles. The van der Waals surface area contributed by atoms with Crippen LogP contribution in [-0.4, -0.2) is 122 Å². The number of carbonyl (C=O) groups excluding carboxylic acids is 3. The van der Waals surface area contributed by atoms with Crippen LogP contribution >= 0.6 is 0 Å². The third-order valence-electron chi connectivity index (χ3n) is 8.12. The van der Waals surface area contributed by atoms with Crippen LogP contribution in [0.4, 0.5) is 0 Å². The van der Waals surface area contributed by atoms with Gasteiger partial charge in [0.1, 0.15) is 46.9 Å². The Kier molecular flexibility index (Phi) is 11.1. The summed E-state index contributed by atoms with van der Waals surface area (Å²) in [5.41, 5.74) is -1.44. The second-order valence-electron chi connectivity index (χ2n) is 12.0. The highest BCUT2D eigenvalue weighted by molar-refractivity contribution is 5.88. The van der Waals surface area contributed by atoms with Gasteiger partial charge in [-0.15, -0.1) is 0 Å². The van der Waals surface area contributed by atoms with Gasteiger partial charge in [0.25, 0.3) is 0 Å². The van der Waals surface area contributed by atoms with Crippen molar-refractivity contribution >= 4 is 28.9 Å². The molecular weight excluding hydrogens is 700 g/mol. The van der Waals surface area contributed by atoms with Gasteiger partial charge in [0.2, 0.25) is 17.5 Å². The smallest absolute Gasteiger partial charge is 0.303 e. The summed E-state index contributed by atoms with van der Waals surface area (Å²) in [5.74, 6) is -5.94. The van der Waals surface area contributed by atoms with Crippen molar-refractivity contribution in [3.05, 3.63) is 40.6 Å². The van der Waals surface area contributed by atoms with Crippen molar-refractivity contribution < 1.29 is 87.7 Å². The molecule has 0 aliphatic carbocycles. The molecule has 2 fully saturated rings. The third kappa shape index (κ3) is 7.83. The quantitative estimate of drug-likeness (QED) is 0.0866. The zero-order valence-electron chi connectivity index (χ0n) is 27.9. The molecule has 19 heteroatoms. The summed E-state index contributed by atoms with van der Waals surface area (Å²) in [4.78, 5) is 49.6. The third-order valence-corrected chi connectivity index (χ3v) is 8.12. The fourth-order valence-electron chi connectivity index (χ4n) is 5.79. The number of aliphatic hydroxyl groups excluding tert-OH is 3. The first kappa shape index (κ1) is 38.1. The number of phenolic OH excluding ortho intramolecular Hbond substituents is 4. The average molecular weight is 737 g/mol. The standard InChI is InChI=1S/C33H36O19/c1-11-27(47-12(2)34)30(48-13(3)35)31(49-14(4)36)33(46-11)45-10-21-23(41)25(43)26(44)32(51-21)52-29-24(42)22-19(40)8-16(37)9-20(22)50-28(29)15-5-6-17(38)18(39)7-15/h5-9,11,21,23,25-27,30-33,37-41,43-44H,10H2,1-4H3/t11-,21+,23-,25-,26+,27-,30+,31+,32-,33+/m0/s1. The lowest BCUT2D eigenvalue weighted by molar-refractivity contribution is -0.321. The Balaban J connectivity index is 1.46. The Labute approximate surface area is 293 Å². The Morgan fingerprint density at radius 1 is 0.731 bits per heavy atom. The van der Waals surface area contributed by atoms with Crippen LogP contribution in [0.2, 0.25) is 0 Å². The molecule has 0 amide bonds. The molecule has 5 rings (SSSR count). The summed E-state index contributed by atoms with van der Waals surface area (Å²) in [7, 11) is 0. The summed E-state index contributed by atoms with van der Waals surface area (Å²) in [6.07, 6.45) is -16.2. The number of hydrogen-bond donors (Lipinski definition) is 7. The molecule has 0 unspecified atom stereocenters. The minimum absolute atomic E-state index is 0.0626. The van der Waals surface area contributed by atoms with E-state index >= 15 is 0 Å². The van der Waals surface area contributed by atoms with E-state index in [-0.39, 0.29) is 11.1 Å². The van der Waals surface area contributed by atoms with Gasteiger partial charge in [-0.25, -0.2) is 0 Å². The van der Waals surface area contributed by atoms with Gasteiger partial charge in [-0.05, 0) is 25.1 Å². The molecule has 2 saturated heterocycles. The van der Waals surface area contributed by atoms with Crippen LogP contribution in [0, 0.1) is 0 Å². The minimum Gasteiger partial charge on any atom is -0.508 e. The molecule has 52 heavy (non-hydrogen) atoms. The van der Waals surface area contributed by atoms with Crippen LogP contribution in [0.5, 0.6) is 28.7 Å². The van der Waals surface area contributed by atoms with E-state index in [9.17, 15) is 54.9 Å². The summed E-state index contributed by atoms with van der Waals surface area (Å²) >= 11 is 0. The van der Waals surface area contributed by atoms with Gasteiger partial charge in [0.15, 0.2) is 41.9 Å². The molecular formula is C33H36O19. The molecule has 282 valence electrons. The number of phenols is 4. The molecule has 0 spiro atoms. The van der Waals surface area contributed by atoms with E-state index in [0.717, 1.165) is 45.0 Å². The lowest BCUT2D eigenvalue weighted by Crippen LogP contribution is -2.63. The number of rotatable bonds is 9. The highest BCUT2D eigenvalue weighted by atomic mass is 16.7. The number of benzene rings is 2. The van der Waals surface area contributed by atoms with E-state index in [1.807, 2.05) is 0 Å². The van der Waals surface area contributed by atoms with Crippen LogP contribution in [0.15, 0.2) is 39.5 Å².